The molecule has 0 unspecified atom stereocenters. The number of benzene rings is 2. The van der Waals surface area contributed by atoms with Gasteiger partial charge in [-0.25, -0.2) is 4.39 Å². The molecule has 0 atom stereocenters. The molecule has 0 saturated heterocycles. The largest absolute Gasteiger partial charge is 0.366 e. The molecule has 0 bridgehead atoms. The summed E-state index contributed by atoms with van der Waals surface area (Å²) in [6.45, 7) is 0. The fraction of sp³-hybridized carbons (Fsp3) is 0. The van der Waals surface area contributed by atoms with E-state index in [-0.39, 0.29) is 5.82 Å². The SMILES string of the molecule is NC(=O)c1ccccc1-c1cnc2cccc(F)c2c1. The minimum Gasteiger partial charge on any atom is -0.366 e. The number of halogens is 1. The fourth-order valence-corrected chi connectivity index (χ4v) is 2.21. The van der Waals surface area contributed by atoms with E-state index in [4.69, 9.17) is 5.73 Å². The van der Waals surface area contributed by atoms with Crippen LogP contribution in [0, 0.1) is 5.82 Å². The topological polar surface area (TPSA) is 56.0 Å². The Morgan fingerprint density at radius 2 is 1.90 bits per heavy atom. The van der Waals surface area contributed by atoms with E-state index in [1.165, 1.54) is 6.07 Å². The Bertz CT molecular complexity index is 814. The number of hydrogen-bond acceptors (Lipinski definition) is 2. The summed E-state index contributed by atoms with van der Waals surface area (Å²) in [6, 6.07) is 13.4. The Morgan fingerprint density at radius 3 is 2.70 bits per heavy atom. The van der Waals surface area contributed by atoms with Crippen LogP contribution in [0.15, 0.2) is 54.7 Å². The van der Waals surface area contributed by atoms with Crippen molar-refractivity contribution in [3.05, 3.63) is 66.1 Å². The molecule has 1 amide bonds. The highest BCUT2D eigenvalue weighted by atomic mass is 19.1. The van der Waals surface area contributed by atoms with Crippen LogP contribution < -0.4 is 5.73 Å². The van der Waals surface area contributed by atoms with Gasteiger partial charge in [-0.2, -0.15) is 0 Å². The third-order valence-corrected chi connectivity index (χ3v) is 3.18. The first kappa shape index (κ1) is 12.3. The average Bonchev–Trinajstić information content (AvgIpc) is 2.47. The van der Waals surface area contributed by atoms with Crippen LogP contribution in [0.3, 0.4) is 0 Å². The van der Waals surface area contributed by atoms with Gasteiger partial charge in [0.05, 0.1) is 5.52 Å². The van der Waals surface area contributed by atoms with Crippen LogP contribution in [-0.4, -0.2) is 10.9 Å². The number of carbonyl (C=O) groups excluding carboxylic acids is 1. The second-order valence-corrected chi connectivity index (χ2v) is 4.44. The van der Waals surface area contributed by atoms with Crippen molar-refractivity contribution in [1.29, 1.82) is 0 Å². The number of nitrogens with two attached hydrogens (primary N) is 1. The van der Waals surface area contributed by atoms with Gasteiger partial charge in [-0.1, -0.05) is 24.3 Å². The van der Waals surface area contributed by atoms with Gasteiger partial charge in [0.15, 0.2) is 0 Å². The Kier molecular flexibility index (Phi) is 2.91. The Morgan fingerprint density at radius 1 is 1.10 bits per heavy atom. The molecule has 0 fully saturated rings. The number of rotatable bonds is 2. The zero-order valence-corrected chi connectivity index (χ0v) is 10.5. The van der Waals surface area contributed by atoms with E-state index >= 15 is 0 Å². The van der Waals surface area contributed by atoms with Crippen LogP contribution in [-0.2, 0) is 0 Å². The monoisotopic (exact) mass is 266 g/mol. The number of nitrogens with zero attached hydrogens (tertiary/aromatic N) is 1. The summed E-state index contributed by atoms with van der Waals surface area (Å²) in [6.07, 6.45) is 1.61. The quantitative estimate of drug-likeness (QED) is 0.774. The molecule has 3 nitrogen and oxygen atoms in total. The van der Waals surface area contributed by atoms with E-state index in [1.807, 2.05) is 0 Å². The average molecular weight is 266 g/mol. The van der Waals surface area contributed by atoms with Gasteiger partial charge in [0.2, 0.25) is 5.91 Å². The second-order valence-electron chi connectivity index (χ2n) is 4.44. The molecule has 98 valence electrons. The summed E-state index contributed by atoms with van der Waals surface area (Å²) in [4.78, 5) is 15.7. The van der Waals surface area contributed by atoms with Crippen molar-refractivity contribution in [3.8, 4) is 11.1 Å². The van der Waals surface area contributed by atoms with Crippen molar-refractivity contribution >= 4 is 16.8 Å². The summed E-state index contributed by atoms with van der Waals surface area (Å²) >= 11 is 0. The van der Waals surface area contributed by atoms with E-state index in [1.54, 1.807) is 48.7 Å². The van der Waals surface area contributed by atoms with Gasteiger partial charge in [-0.15, -0.1) is 0 Å². The first-order valence-corrected chi connectivity index (χ1v) is 6.10. The van der Waals surface area contributed by atoms with Crippen LogP contribution in [0.1, 0.15) is 10.4 Å². The number of amides is 1. The highest BCUT2D eigenvalue weighted by Crippen LogP contribution is 2.26. The van der Waals surface area contributed by atoms with Gasteiger partial charge in [-0.05, 0) is 29.8 Å². The molecule has 3 rings (SSSR count). The van der Waals surface area contributed by atoms with Crippen LogP contribution >= 0.6 is 0 Å². The van der Waals surface area contributed by atoms with Gasteiger partial charge in [0.25, 0.3) is 0 Å². The summed E-state index contributed by atoms with van der Waals surface area (Å²) in [5, 5.41) is 0.421. The molecule has 2 N–H and O–H groups in total. The summed E-state index contributed by atoms with van der Waals surface area (Å²) in [5.41, 5.74) is 7.64. The third kappa shape index (κ3) is 2.01. The first-order chi connectivity index (χ1) is 9.66. The second kappa shape index (κ2) is 4.74. The number of fused-ring (bicyclic) bond motifs is 1. The number of primary amides is 1. The van der Waals surface area contributed by atoms with Crippen molar-refractivity contribution in [2.45, 2.75) is 0 Å². The molecule has 2 aromatic carbocycles. The maximum atomic E-state index is 13.8. The van der Waals surface area contributed by atoms with Crippen molar-refractivity contribution in [2.75, 3.05) is 0 Å². The molecule has 0 saturated carbocycles. The van der Waals surface area contributed by atoms with Gasteiger partial charge >= 0.3 is 0 Å². The van der Waals surface area contributed by atoms with E-state index in [2.05, 4.69) is 4.98 Å². The lowest BCUT2D eigenvalue weighted by Crippen LogP contribution is -2.12. The summed E-state index contributed by atoms with van der Waals surface area (Å²) in [5.74, 6) is -0.859. The number of hydrogen-bond donors (Lipinski definition) is 1. The molecule has 3 aromatic rings. The summed E-state index contributed by atoms with van der Waals surface area (Å²) < 4.78 is 13.8. The highest BCUT2D eigenvalue weighted by molar-refractivity contribution is 6.00. The van der Waals surface area contributed by atoms with Crippen LogP contribution in [0.2, 0.25) is 0 Å². The molecule has 0 radical (unpaired) electrons. The minimum atomic E-state index is -0.519. The Labute approximate surface area is 114 Å². The third-order valence-electron chi connectivity index (χ3n) is 3.18. The van der Waals surface area contributed by atoms with E-state index in [0.29, 0.717) is 27.6 Å². The molecular formula is C16H11FN2O. The van der Waals surface area contributed by atoms with E-state index in [0.717, 1.165) is 0 Å². The van der Waals surface area contributed by atoms with Crippen LogP contribution in [0.4, 0.5) is 4.39 Å². The lowest BCUT2D eigenvalue weighted by atomic mass is 9.99. The summed E-state index contributed by atoms with van der Waals surface area (Å²) in [7, 11) is 0. The lowest BCUT2D eigenvalue weighted by Gasteiger charge is -2.07. The van der Waals surface area contributed by atoms with Crippen molar-refractivity contribution < 1.29 is 9.18 Å². The van der Waals surface area contributed by atoms with Crippen molar-refractivity contribution in [1.82, 2.24) is 4.98 Å². The fourth-order valence-electron chi connectivity index (χ4n) is 2.21. The molecular weight excluding hydrogens is 255 g/mol. The maximum absolute atomic E-state index is 13.8. The van der Waals surface area contributed by atoms with Crippen molar-refractivity contribution in [2.24, 2.45) is 5.73 Å². The van der Waals surface area contributed by atoms with Gasteiger partial charge in [0.1, 0.15) is 5.82 Å². The highest BCUT2D eigenvalue weighted by Gasteiger charge is 2.11. The smallest absolute Gasteiger partial charge is 0.249 e. The van der Waals surface area contributed by atoms with Gasteiger partial charge < -0.3 is 5.73 Å². The standard InChI is InChI=1S/C16H11FN2O/c17-14-6-3-7-15-13(14)8-10(9-19-15)11-4-1-2-5-12(11)16(18)20/h1-9H,(H2,18,20). The molecule has 0 aliphatic carbocycles. The molecule has 0 aliphatic rings. The van der Waals surface area contributed by atoms with E-state index < -0.39 is 5.91 Å². The maximum Gasteiger partial charge on any atom is 0.249 e. The van der Waals surface area contributed by atoms with Crippen LogP contribution in [0.5, 0.6) is 0 Å². The first-order valence-electron chi connectivity index (χ1n) is 6.10. The minimum absolute atomic E-state index is 0.339. The lowest BCUT2D eigenvalue weighted by molar-refractivity contribution is 0.100. The number of pyridine rings is 1. The number of carbonyl (C=O) groups is 1. The van der Waals surface area contributed by atoms with Gasteiger partial charge in [-0.3, -0.25) is 9.78 Å². The number of aromatic nitrogens is 1. The normalized spacial score (nSPS) is 10.7. The molecule has 4 heteroatoms. The molecule has 1 aromatic heterocycles. The Balaban J connectivity index is 2.25. The zero-order chi connectivity index (χ0) is 14.1. The van der Waals surface area contributed by atoms with E-state index in [9.17, 15) is 9.18 Å². The zero-order valence-electron chi connectivity index (χ0n) is 10.5. The molecule has 20 heavy (non-hydrogen) atoms. The predicted molar refractivity (Wildman–Crippen MR) is 75.7 cm³/mol. The van der Waals surface area contributed by atoms with Crippen LogP contribution in [0.25, 0.3) is 22.0 Å². The van der Waals surface area contributed by atoms with Crippen molar-refractivity contribution in [3.63, 3.8) is 0 Å². The van der Waals surface area contributed by atoms with Gasteiger partial charge in [0, 0.05) is 22.7 Å². The molecule has 1 heterocycles. The Hall–Kier alpha value is -2.75. The predicted octanol–water partition coefficient (Wildman–Crippen LogP) is 3.14. The molecule has 0 aliphatic heterocycles. The molecule has 0 spiro atoms.